The maximum absolute atomic E-state index is 15.1. The van der Waals surface area contributed by atoms with Crippen molar-refractivity contribution in [1.82, 2.24) is 9.88 Å². The van der Waals surface area contributed by atoms with Gasteiger partial charge in [-0.15, -0.1) is 0 Å². The van der Waals surface area contributed by atoms with Crippen molar-refractivity contribution in [3.8, 4) is 11.8 Å². The highest BCUT2D eigenvalue weighted by atomic mass is 32.1. The van der Waals surface area contributed by atoms with Crippen LogP contribution in [0, 0.1) is 17.1 Å². The third-order valence-electron chi connectivity index (χ3n) is 7.08. The van der Waals surface area contributed by atoms with Gasteiger partial charge in [0.1, 0.15) is 18.2 Å². The molecule has 0 bridgehead atoms. The smallest absolute Gasteiger partial charge is 0.419 e. The number of aromatic nitrogens is 1. The van der Waals surface area contributed by atoms with Gasteiger partial charge in [-0.05, 0) is 49.7 Å². The van der Waals surface area contributed by atoms with Crippen LogP contribution in [0.3, 0.4) is 0 Å². The maximum Gasteiger partial charge on any atom is 0.419 e. The Kier molecular flexibility index (Phi) is 6.97. The van der Waals surface area contributed by atoms with Gasteiger partial charge in [0.25, 0.3) is 5.91 Å². The third-order valence-corrected chi connectivity index (χ3v) is 7.44. The van der Waals surface area contributed by atoms with E-state index in [0.29, 0.717) is 50.8 Å². The van der Waals surface area contributed by atoms with E-state index < -0.39 is 34.7 Å². The Bertz CT molecular complexity index is 1300. The van der Waals surface area contributed by atoms with Crippen molar-refractivity contribution in [2.75, 3.05) is 49.3 Å². The van der Waals surface area contributed by atoms with Crippen LogP contribution < -0.4 is 14.5 Å². The number of pyridine rings is 1. The molecule has 1 spiro atoms. The molecular weight excluding hydrogens is 526 g/mol. The number of nitrogens with zero attached hydrogens (tertiary/aromatic N) is 5. The van der Waals surface area contributed by atoms with Crippen molar-refractivity contribution in [2.24, 2.45) is 0 Å². The molecule has 2 aliphatic heterocycles. The van der Waals surface area contributed by atoms with Crippen LogP contribution in [-0.4, -0.2) is 65.9 Å². The predicted octanol–water partition coefficient (Wildman–Crippen LogP) is 3.88. The van der Waals surface area contributed by atoms with E-state index in [4.69, 9.17) is 27.0 Å². The minimum absolute atomic E-state index is 0.0454. The molecule has 2 saturated heterocycles. The molecule has 1 aromatic carbocycles. The molecule has 13 heteroatoms. The zero-order valence-electron chi connectivity index (χ0n) is 20.1. The summed E-state index contributed by atoms with van der Waals surface area (Å²) in [6.07, 6.45) is -2.34. The molecule has 3 heterocycles. The minimum Gasteiger partial charge on any atom is -0.489 e. The fourth-order valence-corrected chi connectivity index (χ4v) is 5.41. The number of morpholine rings is 1. The first kappa shape index (κ1) is 26.3. The number of ether oxygens (including phenoxy) is 2. The van der Waals surface area contributed by atoms with E-state index in [0.717, 1.165) is 24.2 Å². The number of amides is 1. The molecule has 1 aromatic heterocycles. The zero-order valence-corrected chi connectivity index (χ0v) is 20.9. The first-order chi connectivity index (χ1) is 18.2. The number of hydrogen-bond acceptors (Lipinski definition) is 7. The van der Waals surface area contributed by atoms with E-state index in [1.54, 1.807) is 6.07 Å². The van der Waals surface area contributed by atoms with Crippen molar-refractivity contribution in [3.05, 3.63) is 47.5 Å². The average Bonchev–Trinajstić information content (AvgIpc) is 3.11. The number of carbonyl (C=O) groups excluding carboxylic acids is 1. The highest BCUT2D eigenvalue weighted by Gasteiger charge is 2.59. The van der Waals surface area contributed by atoms with Crippen LogP contribution in [0.4, 0.5) is 28.9 Å². The largest absolute Gasteiger partial charge is 0.489 e. The Morgan fingerprint density at radius 1 is 1.18 bits per heavy atom. The lowest BCUT2D eigenvalue weighted by Crippen LogP contribution is -2.55. The monoisotopic (exact) mass is 549 g/mol. The highest BCUT2D eigenvalue weighted by Crippen LogP contribution is 2.48. The summed E-state index contributed by atoms with van der Waals surface area (Å²) in [5, 5.41) is 8.96. The van der Waals surface area contributed by atoms with Crippen LogP contribution >= 0.6 is 12.2 Å². The number of benzene rings is 1. The molecule has 0 unspecified atom stereocenters. The Balaban J connectivity index is 1.40. The van der Waals surface area contributed by atoms with E-state index in [2.05, 4.69) is 9.88 Å². The van der Waals surface area contributed by atoms with Gasteiger partial charge in [-0.2, -0.15) is 18.4 Å². The van der Waals surface area contributed by atoms with E-state index in [-0.39, 0.29) is 23.2 Å². The standard InChI is InChI=1S/C25H23F4N5O3S/c26-19-13-16(2-3-21(19)37-11-8-32-6-9-36-10-7-32)34-23(38)33(22(35)24(34)4-1-5-24)17-12-18(25(27,28)29)20(14-30)31-15-17/h2-3,12-13,15H,1,4-11H2. The number of anilines is 2. The second-order valence-corrected chi connectivity index (χ2v) is 9.63. The van der Waals surface area contributed by atoms with Gasteiger partial charge in [0.15, 0.2) is 22.4 Å². The summed E-state index contributed by atoms with van der Waals surface area (Å²) in [6.45, 7) is 3.75. The second-order valence-electron chi connectivity index (χ2n) is 9.26. The Hall–Kier alpha value is -3.34. The number of rotatable bonds is 6. The summed E-state index contributed by atoms with van der Waals surface area (Å²) in [5.41, 5.74) is -3.11. The molecule has 5 rings (SSSR count). The summed E-state index contributed by atoms with van der Waals surface area (Å²) < 4.78 is 66.6. The normalized spacial score (nSPS) is 19.6. The van der Waals surface area contributed by atoms with Crippen molar-refractivity contribution in [2.45, 2.75) is 31.0 Å². The SMILES string of the molecule is N#Cc1ncc(N2C(=O)C3(CCC3)N(c3ccc(OCCN4CCOCC4)c(F)c3)C2=S)cc1C(F)(F)F. The fourth-order valence-electron chi connectivity index (χ4n) is 4.94. The van der Waals surface area contributed by atoms with Gasteiger partial charge in [-0.1, -0.05) is 0 Å². The Morgan fingerprint density at radius 3 is 2.53 bits per heavy atom. The van der Waals surface area contributed by atoms with Gasteiger partial charge in [0.05, 0.1) is 30.7 Å². The first-order valence-electron chi connectivity index (χ1n) is 12.0. The fraction of sp³-hybridized carbons (Fsp3) is 0.440. The minimum atomic E-state index is -4.85. The van der Waals surface area contributed by atoms with Gasteiger partial charge < -0.3 is 14.4 Å². The zero-order chi connectivity index (χ0) is 27.1. The number of alkyl halides is 3. The molecule has 0 radical (unpaired) electrons. The Labute approximate surface area is 221 Å². The van der Waals surface area contributed by atoms with E-state index in [9.17, 15) is 18.0 Å². The number of halogens is 4. The highest BCUT2D eigenvalue weighted by molar-refractivity contribution is 7.81. The molecule has 1 saturated carbocycles. The third kappa shape index (κ3) is 4.57. The summed E-state index contributed by atoms with van der Waals surface area (Å²) in [4.78, 5) is 21.8. The number of carbonyl (C=O) groups is 1. The maximum atomic E-state index is 15.1. The number of hydrogen-bond donors (Lipinski definition) is 0. The molecule has 0 atom stereocenters. The summed E-state index contributed by atoms with van der Waals surface area (Å²) in [6, 6.07) is 6.36. The van der Waals surface area contributed by atoms with Crippen LogP contribution in [-0.2, 0) is 15.7 Å². The molecule has 1 aliphatic carbocycles. The molecule has 3 aliphatic rings. The Morgan fingerprint density at radius 2 is 1.92 bits per heavy atom. The lowest BCUT2D eigenvalue weighted by Gasteiger charge is -2.43. The van der Waals surface area contributed by atoms with E-state index >= 15 is 4.39 Å². The molecule has 8 nitrogen and oxygen atoms in total. The van der Waals surface area contributed by atoms with E-state index in [1.165, 1.54) is 23.1 Å². The predicted molar refractivity (Wildman–Crippen MR) is 132 cm³/mol. The molecule has 0 N–H and O–H groups in total. The van der Waals surface area contributed by atoms with Gasteiger partial charge >= 0.3 is 6.18 Å². The lowest BCUT2D eigenvalue weighted by atomic mass is 9.75. The molecule has 1 amide bonds. The summed E-state index contributed by atoms with van der Waals surface area (Å²) in [7, 11) is 0. The molecule has 2 aromatic rings. The van der Waals surface area contributed by atoms with Gasteiger partial charge in [0, 0.05) is 31.4 Å². The number of thiocarbonyl (C=S) groups is 1. The van der Waals surface area contributed by atoms with E-state index in [1.807, 2.05) is 0 Å². The summed E-state index contributed by atoms with van der Waals surface area (Å²) in [5.74, 6) is -1.12. The molecule has 38 heavy (non-hydrogen) atoms. The van der Waals surface area contributed by atoms with Crippen LogP contribution in [0.25, 0.3) is 0 Å². The van der Waals surface area contributed by atoms with Crippen molar-refractivity contribution in [3.63, 3.8) is 0 Å². The molecule has 3 fully saturated rings. The van der Waals surface area contributed by atoms with Crippen molar-refractivity contribution in [1.29, 1.82) is 5.26 Å². The molecular formula is C25H23F4N5O3S. The van der Waals surface area contributed by atoms with Gasteiger partial charge in [-0.3, -0.25) is 14.6 Å². The first-order valence-corrected chi connectivity index (χ1v) is 12.4. The number of nitriles is 1. The van der Waals surface area contributed by atoms with Crippen LogP contribution in [0.1, 0.15) is 30.5 Å². The summed E-state index contributed by atoms with van der Waals surface area (Å²) >= 11 is 5.56. The molecule has 200 valence electrons. The quantitative estimate of drug-likeness (QED) is 0.397. The second kappa shape index (κ2) is 10.1. The van der Waals surface area contributed by atoms with Gasteiger partial charge in [-0.25, -0.2) is 9.37 Å². The van der Waals surface area contributed by atoms with Crippen molar-refractivity contribution < 1.29 is 31.8 Å². The average molecular weight is 550 g/mol. The topological polar surface area (TPSA) is 81.9 Å². The van der Waals surface area contributed by atoms with Gasteiger partial charge in [0.2, 0.25) is 0 Å². The van der Waals surface area contributed by atoms with Crippen LogP contribution in [0.5, 0.6) is 5.75 Å². The van der Waals surface area contributed by atoms with Crippen molar-refractivity contribution >= 4 is 34.6 Å². The van der Waals surface area contributed by atoms with Crippen LogP contribution in [0.2, 0.25) is 0 Å². The lowest BCUT2D eigenvalue weighted by molar-refractivity contribution is -0.138. The van der Waals surface area contributed by atoms with Crippen LogP contribution in [0.15, 0.2) is 30.5 Å².